The maximum absolute atomic E-state index is 6.08. The monoisotopic (exact) mass is 240 g/mol. The number of nitrogen functional groups attached to an aromatic ring is 1. The topological polar surface area (TPSA) is 66.0 Å². The Bertz CT molecular complexity index is 691. The number of para-hydroxylation sites is 1. The molecule has 0 aliphatic rings. The molecule has 0 amide bonds. The van der Waals surface area contributed by atoms with Gasteiger partial charge >= 0.3 is 0 Å². The van der Waals surface area contributed by atoms with Crippen LogP contribution in [0.25, 0.3) is 16.7 Å². The molecule has 0 unspecified atom stereocenters. The summed E-state index contributed by atoms with van der Waals surface area (Å²) < 4.78 is 6.77. The van der Waals surface area contributed by atoms with E-state index in [1.807, 2.05) is 36.4 Å². The normalized spacial score (nSPS) is 10.7. The van der Waals surface area contributed by atoms with Crippen LogP contribution >= 0.6 is 0 Å². The molecule has 3 rings (SSSR count). The molecule has 5 heteroatoms. The van der Waals surface area contributed by atoms with Gasteiger partial charge < -0.3 is 10.5 Å². The number of ether oxygens (including phenoxy) is 1. The molecule has 0 atom stereocenters. The molecule has 90 valence electrons. The summed E-state index contributed by atoms with van der Waals surface area (Å²) in [5, 5.41) is 4.43. The lowest BCUT2D eigenvalue weighted by molar-refractivity contribution is 0.399. The van der Waals surface area contributed by atoms with Crippen molar-refractivity contribution < 1.29 is 4.74 Å². The summed E-state index contributed by atoms with van der Waals surface area (Å²) >= 11 is 0. The largest absolute Gasteiger partial charge is 0.481 e. The van der Waals surface area contributed by atoms with E-state index in [1.54, 1.807) is 17.9 Å². The summed E-state index contributed by atoms with van der Waals surface area (Å²) in [6, 6.07) is 13.3. The number of methoxy groups -OCH3 is 1. The fourth-order valence-electron chi connectivity index (χ4n) is 1.84. The second-order valence-corrected chi connectivity index (χ2v) is 3.85. The minimum atomic E-state index is 0.509. The molecular weight excluding hydrogens is 228 g/mol. The second kappa shape index (κ2) is 4.03. The molecule has 5 nitrogen and oxygen atoms in total. The summed E-state index contributed by atoms with van der Waals surface area (Å²) in [5.74, 6) is 1.04. The number of pyridine rings is 1. The predicted molar refractivity (Wildman–Crippen MR) is 69.8 cm³/mol. The number of hydrogen-bond acceptors (Lipinski definition) is 4. The molecule has 0 aliphatic heterocycles. The van der Waals surface area contributed by atoms with E-state index in [1.165, 1.54) is 0 Å². The first-order chi connectivity index (χ1) is 8.79. The molecule has 2 N–H and O–H groups in total. The first-order valence-corrected chi connectivity index (χ1v) is 5.54. The van der Waals surface area contributed by atoms with E-state index in [4.69, 9.17) is 10.5 Å². The standard InChI is InChI=1S/C13H12N4O/c1-18-11-8-7-10-12(15-11)13(14)17(16-10)9-5-3-2-4-6-9/h2-8H,14H2,1H3. The van der Waals surface area contributed by atoms with Crippen molar-refractivity contribution in [1.82, 2.24) is 14.8 Å². The summed E-state index contributed by atoms with van der Waals surface area (Å²) in [5.41, 5.74) is 8.38. The average Bonchev–Trinajstić information content (AvgIpc) is 2.77. The molecule has 0 saturated heterocycles. The molecule has 0 aliphatic carbocycles. The van der Waals surface area contributed by atoms with Gasteiger partial charge in [0.25, 0.3) is 0 Å². The van der Waals surface area contributed by atoms with Crippen molar-refractivity contribution in [3.8, 4) is 11.6 Å². The van der Waals surface area contributed by atoms with E-state index in [0.29, 0.717) is 17.2 Å². The zero-order valence-corrected chi connectivity index (χ0v) is 9.87. The van der Waals surface area contributed by atoms with Gasteiger partial charge in [0.2, 0.25) is 5.88 Å². The van der Waals surface area contributed by atoms with Crippen LogP contribution in [-0.2, 0) is 0 Å². The molecule has 0 fully saturated rings. The number of nitrogens with two attached hydrogens (primary N) is 1. The van der Waals surface area contributed by atoms with Crippen LogP contribution in [0.1, 0.15) is 0 Å². The molecule has 2 heterocycles. The Morgan fingerprint density at radius 2 is 1.89 bits per heavy atom. The highest BCUT2D eigenvalue weighted by Crippen LogP contribution is 2.24. The van der Waals surface area contributed by atoms with Crippen LogP contribution in [0.2, 0.25) is 0 Å². The number of hydrogen-bond donors (Lipinski definition) is 1. The molecule has 0 radical (unpaired) electrons. The van der Waals surface area contributed by atoms with E-state index in [9.17, 15) is 0 Å². The lowest BCUT2D eigenvalue weighted by Crippen LogP contribution is -2.01. The molecule has 0 spiro atoms. The molecule has 2 aromatic heterocycles. The van der Waals surface area contributed by atoms with Crippen molar-refractivity contribution in [1.29, 1.82) is 0 Å². The van der Waals surface area contributed by atoms with E-state index in [2.05, 4.69) is 10.1 Å². The van der Waals surface area contributed by atoms with Gasteiger partial charge in [0.15, 0.2) is 5.82 Å². The summed E-state index contributed by atoms with van der Waals surface area (Å²) in [7, 11) is 1.58. The SMILES string of the molecule is COc1ccc2nn(-c3ccccc3)c(N)c2n1. The second-order valence-electron chi connectivity index (χ2n) is 3.85. The van der Waals surface area contributed by atoms with Gasteiger partial charge in [0.1, 0.15) is 11.0 Å². The van der Waals surface area contributed by atoms with Gasteiger partial charge in [-0.2, -0.15) is 5.10 Å². The van der Waals surface area contributed by atoms with E-state index in [0.717, 1.165) is 11.2 Å². The van der Waals surface area contributed by atoms with E-state index < -0.39 is 0 Å². The van der Waals surface area contributed by atoms with Gasteiger partial charge in [-0.25, -0.2) is 9.67 Å². The number of fused-ring (bicyclic) bond motifs is 1. The first kappa shape index (κ1) is 10.6. The highest BCUT2D eigenvalue weighted by atomic mass is 16.5. The predicted octanol–water partition coefficient (Wildman–Crippen LogP) is 2.01. The number of anilines is 1. The Hall–Kier alpha value is -2.56. The van der Waals surface area contributed by atoms with Crippen LogP contribution in [0, 0.1) is 0 Å². The lowest BCUT2D eigenvalue weighted by Gasteiger charge is -2.02. The highest BCUT2D eigenvalue weighted by Gasteiger charge is 2.11. The summed E-state index contributed by atoms with van der Waals surface area (Å²) in [6.45, 7) is 0. The van der Waals surface area contributed by atoms with Crippen molar-refractivity contribution in [3.63, 3.8) is 0 Å². The Balaban J connectivity index is 2.23. The lowest BCUT2D eigenvalue weighted by atomic mass is 10.3. The molecule has 0 saturated carbocycles. The first-order valence-electron chi connectivity index (χ1n) is 5.54. The van der Waals surface area contributed by atoms with Gasteiger partial charge in [-0.15, -0.1) is 0 Å². The average molecular weight is 240 g/mol. The molecule has 1 aromatic carbocycles. The number of nitrogens with zero attached hydrogens (tertiary/aromatic N) is 3. The Labute approximate surface area is 104 Å². The maximum atomic E-state index is 6.08. The molecule has 3 aromatic rings. The maximum Gasteiger partial charge on any atom is 0.213 e. The Kier molecular flexibility index (Phi) is 2.37. The van der Waals surface area contributed by atoms with Crippen LogP contribution in [0.4, 0.5) is 5.82 Å². The van der Waals surface area contributed by atoms with Crippen molar-refractivity contribution in [3.05, 3.63) is 42.5 Å². The van der Waals surface area contributed by atoms with Gasteiger partial charge in [0, 0.05) is 6.07 Å². The van der Waals surface area contributed by atoms with Gasteiger partial charge in [-0.1, -0.05) is 18.2 Å². The van der Waals surface area contributed by atoms with E-state index >= 15 is 0 Å². The highest BCUT2D eigenvalue weighted by molar-refractivity contribution is 5.86. The third-order valence-corrected chi connectivity index (χ3v) is 2.74. The third kappa shape index (κ3) is 1.57. The summed E-state index contributed by atoms with van der Waals surface area (Å²) in [6.07, 6.45) is 0. The van der Waals surface area contributed by atoms with Crippen LogP contribution in [0.5, 0.6) is 5.88 Å². The minimum absolute atomic E-state index is 0.509. The third-order valence-electron chi connectivity index (χ3n) is 2.74. The molecule has 18 heavy (non-hydrogen) atoms. The van der Waals surface area contributed by atoms with Crippen LogP contribution in [-0.4, -0.2) is 21.9 Å². The Morgan fingerprint density at radius 3 is 2.61 bits per heavy atom. The van der Waals surface area contributed by atoms with E-state index in [-0.39, 0.29) is 0 Å². The zero-order valence-electron chi connectivity index (χ0n) is 9.87. The Morgan fingerprint density at radius 1 is 1.11 bits per heavy atom. The van der Waals surface area contributed by atoms with Crippen molar-refractivity contribution in [2.45, 2.75) is 0 Å². The number of benzene rings is 1. The van der Waals surface area contributed by atoms with Crippen molar-refractivity contribution in [2.75, 3.05) is 12.8 Å². The fraction of sp³-hybridized carbons (Fsp3) is 0.0769. The molecule has 0 bridgehead atoms. The quantitative estimate of drug-likeness (QED) is 0.744. The van der Waals surface area contributed by atoms with Gasteiger partial charge in [0.05, 0.1) is 12.8 Å². The van der Waals surface area contributed by atoms with Gasteiger partial charge in [-0.05, 0) is 18.2 Å². The summed E-state index contributed by atoms with van der Waals surface area (Å²) in [4.78, 5) is 4.31. The minimum Gasteiger partial charge on any atom is -0.481 e. The van der Waals surface area contributed by atoms with Crippen LogP contribution < -0.4 is 10.5 Å². The molecular formula is C13H12N4O. The number of rotatable bonds is 2. The van der Waals surface area contributed by atoms with Crippen molar-refractivity contribution in [2.24, 2.45) is 0 Å². The van der Waals surface area contributed by atoms with Gasteiger partial charge in [-0.3, -0.25) is 0 Å². The zero-order chi connectivity index (χ0) is 12.5. The smallest absolute Gasteiger partial charge is 0.213 e. The fourth-order valence-corrected chi connectivity index (χ4v) is 1.84. The van der Waals surface area contributed by atoms with Crippen LogP contribution in [0.15, 0.2) is 42.5 Å². The van der Waals surface area contributed by atoms with Crippen LogP contribution in [0.3, 0.4) is 0 Å². The van der Waals surface area contributed by atoms with Crippen molar-refractivity contribution >= 4 is 16.9 Å². The number of aromatic nitrogens is 3.